The van der Waals surface area contributed by atoms with Gasteiger partial charge < -0.3 is 14.8 Å². The molecule has 2 amide bonds. The standard InChI is InChI=1S/C24H23N5O3/c30-22(27-18-6-7-18)21-19-8-11-28(23(31)20-12-25-9-10-26-20)14-17(19)15-29(24(21)32)13-16-4-2-1-3-5-16/h1-5,9-10,12,15,18H,6-8,11,13-14H2,(H,27,30). The smallest absolute Gasteiger partial charge is 0.274 e. The minimum Gasteiger partial charge on any atom is -0.349 e. The van der Waals surface area contributed by atoms with E-state index in [1.54, 1.807) is 15.7 Å². The Morgan fingerprint density at radius 3 is 2.66 bits per heavy atom. The number of fused-ring (bicyclic) bond motifs is 1. The van der Waals surface area contributed by atoms with Crippen molar-refractivity contribution >= 4 is 11.8 Å². The topological polar surface area (TPSA) is 97.2 Å². The highest BCUT2D eigenvalue weighted by molar-refractivity contribution is 5.96. The molecule has 32 heavy (non-hydrogen) atoms. The van der Waals surface area contributed by atoms with Crippen molar-refractivity contribution in [3.05, 3.63) is 93.4 Å². The van der Waals surface area contributed by atoms with Crippen LogP contribution >= 0.6 is 0 Å². The molecule has 0 atom stereocenters. The minimum absolute atomic E-state index is 0.152. The molecule has 0 spiro atoms. The predicted molar refractivity (Wildman–Crippen MR) is 117 cm³/mol. The Hall–Kier alpha value is -3.81. The van der Waals surface area contributed by atoms with Crippen molar-refractivity contribution in [1.29, 1.82) is 0 Å². The SMILES string of the molecule is O=C(NC1CC1)c1c2c(cn(Cc3ccccc3)c1=O)CN(C(=O)c1cnccn1)CC2. The van der Waals surface area contributed by atoms with Crippen LogP contribution in [0.3, 0.4) is 0 Å². The van der Waals surface area contributed by atoms with Gasteiger partial charge in [-0.1, -0.05) is 30.3 Å². The van der Waals surface area contributed by atoms with Gasteiger partial charge in [0.2, 0.25) is 0 Å². The summed E-state index contributed by atoms with van der Waals surface area (Å²) in [6.07, 6.45) is 8.57. The number of aromatic nitrogens is 3. The van der Waals surface area contributed by atoms with E-state index >= 15 is 0 Å². The van der Waals surface area contributed by atoms with Gasteiger partial charge in [0.05, 0.1) is 12.7 Å². The summed E-state index contributed by atoms with van der Waals surface area (Å²) in [6.45, 7) is 1.08. The fourth-order valence-corrected chi connectivity index (χ4v) is 4.07. The van der Waals surface area contributed by atoms with Crippen LogP contribution in [-0.4, -0.2) is 43.8 Å². The number of carbonyl (C=O) groups is 2. The molecule has 8 nitrogen and oxygen atoms in total. The van der Waals surface area contributed by atoms with Crippen LogP contribution in [0.15, 0.2) is 59.9 Å². The first kappa shape index (κ1) is 20.1. The van der Waals surface area contributed by atoms with Crippen LogP contribution in [0.1, 0.15) is 50.4 Å². The molecule has 0 bridgehead atoms. The van der Waals surface area contributed by atoms with Crippen molar-refractivity contribution in [1.82, 2.24) is 24.8 Å². The molecule has 1 aromatic carbocycles. The van der Waals surface area contributed by atoms with Crippen LogP contribution in [-0.2, 0) is 19.5 Å². The summed E-state index contributed by atoms with van der Waals surface area (Å²) in [5, 5.41) is 2.96. The molecular formula is C24H23N5O3. The molecule has 8 heteroatoms. The van der Waals surface area contributed by atoms with Gasteiger partial charge in [-0.25, -0.2) is 4.98 Å². The summed E-state index contributed by atoms with van der Waals surface area (Å²) in [6, 6.07) is 9.80. The highest BCUT2D eigenvalue weighted by Crippen LogP contribution is 2.24. The summed E-state index contributed by atoms with van der Waals surface area (Å²) in [5.74, 6) is -0.529. The normalized spacial score (nSPS) is 15.2. The highest BCUT2D eigenvalue weighted by Gasteiger charge is 2.31. The monoisotopic (exact) mass is 429 g/mol. The van der Waals surface area contributed by atoms with Crippen molar-refractivity contribution < 1.29 is 9.59 Å². The van der Waals surface area contributed by atoms with E-state index in [9.17, 15) is 14.4 Å². The highest BCUT2D eigenvalue weighted by atomic mass is 16.2. The molecule has 5 rings (SSSR count). The van der Waals surface area contributed by atoms with Crippen molar-refractivity contribution in [3.63, 3.8) is 0 Å². The maximum atomic E-state index is 13.3. The number of nitrogens with one attached hydrogen (secondary N) is 1. The number of amides is 2. The van der Waals surface area contributed by atoms with Gasteiger partial charge in [0, 0.05) is 37.7 Å². The number of rotatable bonds is 5. The molecule has 0 radical (unpaired) electrons. The number of hydrogen-bond donors (Lipinski definition) is 1. The Labute approximate surface area is 184 Å². The van der Waals surface area contributed by atoms with Gasteiger partial charge in [-0.05, 0) is 36.0 Å². The second kappa shape index (κ2) is 8.37. The molecule has 1 aliphatic carbocycles. The maximum absolute atomic E-state index is 13.3. The Morgan fingerprint density at radius 2 is 1.94 bits per heavy atom. The third-order valence-electron chi connectivity index (χ3n) is 5.87. The van der Waals surface area contributed by atoms with Crippen LogP contribution in [0.4, 0.5) is 0 Å². The summed E-state index contributed by atoms with van der Waals surface area (Å²) >= 11 is 0. The molecule has 2 aliphatic rings. The quantitative estimate of drug-likeness (QED) is 0.667. The first-order chi connectivity index (χ1) is 15.6. The summed E-state index contributed by atoms with van der Waals surface area (Å²) in [5.41, 5.74) is 2.70. The zero-order chi connectivity index (χ0) is 22.1. The number of hydrogen-bond acceptors (Lipinski definition) is 5. The average Bonchev–Trinajstić information content (AvgIpc) is 3.64. The summed E-state index contributed by atoms with van der Waals surface area (Å²) < 4.78 is 1.58. The van der Waals surface area contributed by atoms with Crippen LogP contribution in [0, 0.1) is 0 Å². The van der Waals surface area contributed by atoms with Gasteiger partial charge in [-0.15, -0.1) is 0 Å². The number of carbonyl (C=O) groups excluding carboxylic acids is 2. The fraction of sp³-hybridized carbons (Fsp3) is 0.292. The van der Waals surface area contributed by atoms with Gasteiger partial charge >= 0.3 is 0 Å². The van der Waals surface area contributed by atoms with Crippen LogP contribution in [0.25, 0.3) is 0 Å². The molecule has 1 N–H and O–H groups in total. The zero-order valence-corrected chi connectivity index (χ0v) is 17.5. The minimum atomic E-state index is -0.315. The number of benzene rings is 1. The molecule has 1 aliphatic heterocycles. The van der Waals surface area contributed by atoms with E-state index in [-0.39, 0.29) is 34.7 Å². The van der Waals surface area contributed by atoms with Gasteiger partial charge in [-0.3, -0.25) is 19.4 Å². The van der Waals surface area contributed by atoms with E-state index in [4.69, 9.17) is 0 Å². The predicted octanol–water partition coefficient (Wildman–Crippen LogP) is 1.78. The maximum Gasteiger partial charge on any atom is 0.274 e. The second-order valence-corrected chi connectivity index (χ2v) is 8.24. The molecule has 1 saturated carbocycles. The van der Waals surface area contributed by atoms with Crippen molar-refractivity contribution in [2.24, 2.45) is 0 Å². The molecule has 0 unspecified atom stereocenters. The molecule has 3 aromatic rings. The number of nitrogens with zero attached hydrogens (tertiary/aromatic N) is 4. The lowest BCUT2D eigenvalue weighted by Crippen LogP contribution is -2.42. The van der Waals surface area contributed by atoms with Crippen LogP contribution < -0.4 is 10.9 Å². The fourth-order valence-electron chi connectivity index (χ4n) is 4.07. The first-order valence-corrected chi connectivity index (χ1v) is 10.8. The van der Waals surface area contributed by atoms with Crippen molar-refractivity contribution in [2.75, 3.05) is 6.54 Å². The van der Waals surface area contributed by atoms with Gasteiger partial charge in [0.15, 0.2) is 0 Å². The molecular weight excluding hydrogens is 406 g/mol. The van der Waals surface area contributed by atoms with Gasteiger partial charge in [0.1, 0.15) is 11.3 Å². The van der Waals surface area contributed by atoms with E-state index in [1.807, 2.05) is 30.3 Å². The number of pyridine rings is 1. The van der Waals surface area contributed by atoms with Crippen molar-refractivity contribution in [2.45, 2.75) is 38.4 Å². The van der Waals surface area contributed by atoms with E-state index < -0.39 is 0 Å². The third kappa shape index (κ3) is 4.03. The zero-order valence-electron chi connectivity index (χ0n) is 17.5. The van der Waals surface area contributed by atoms with Crippen LogP contribution in [0.2, 0.25) is 0 Å². The largest absolute Gasteiger partial charge is 0.349 e. The Balaban J connectivity index is 1.52. The van der Waals surface area contributed by atoms with Gasteiger partial charge in [-0.2, -0.15) is 0 Å². The summed E-state index contributed by atoms with van der Waals surface area (Å²) in [7, 11) is 0. The third-order valence-corrected chi connectivity index (χ3v) is 5.87. The lowest BCUT2D eigenvalue weighted by Gasteiger charge is -2.30. The average molecular weight is 429 g/mol. The van der Waals surface area contributed by atoms with E-state index in [2.05, 4.69) is 15.3 Å². The molecule has 162 valence electrons. The Kier molecular flexibility index (Phi) is 5.26. The van der Waals surface area contributed by atoms with Crippen molar-refractivity contribution in [3.8, 4) is 0 Å². The lowest BCUT2D eigenvalue weighted by atomic mass is 9.95. The molecule has 0 saturated heterocycles. The van der Waals surface area contributed by atoms with E-state index in [1.165, 1.54) is 18.6 Å². The van der Waals surface area contributed by atoms with Crippen LogP contribution in [0.5, 0.6) is 0 Å². The second-order valence-electron chi connectivity index (χ2n) is 8.24. The molecule has 2 aromatic heterocycles. The first-order valence-electron chi connectivity index (χ1n) is 10.8. The molecule has 1 fully saturated rings. The van der Waals surface area contributed by atoms with E-state index in [0.29, 0.717) is 26.1 Å². The Morgan fingerprint density at radius 1 is 1.12 bits per heavy atom. The molecule has 3 heterocycles. The van der Waals surface area contributed by atoms with E-state index in [0.717, 1.165) is 29.5 Å². The summed E-state index contributed by atoms with van der Waals surface area (Å²) in [4.78, 5) is 49.0. The van der Waals surface area contributed by atoms with Gasteiger partial charge in [0.25, 0.3) is 17.4 Å². The lowest BCUT2D eigenvalue weighted by molar-refractivity contribution is 0.0727. The Bertz CT molecular complexity index is 1220.